The minimum atomic E-state index is 0.431. The van der Waals surface area contributed by atoms with Crippen LogP contribution in [0.1, 0.15) is 40.0 Å². The van der Waals surface area contributed by atoms with Gasteiger partial charge in [0.15, 0.2) is 0 Å². The molecule has 1 rings (SSSR count). The molecular weight excluding hydrogens is 200 g/mol. The van der Waals surface area contributed by atoms with Crippen LogP contribution in [0.25, 0.3) is 10.4 Å². The normalized spacial score (nSPS) is 23.6. The van der Waals surface area contributed by atoms with Gasteiger partial charge < -0.3 is 4.90 Å². The van der Waals surface area contributed by atoms with E-state index in [4.69, 9.17) is 5.53 Å². The Hall–Kier alpha value is -0.730. The van der Waals surface area contributed by atoms with Gasteiger partial charge in [-0.05, 0) is 49.2 Å². The minimum absolute atomic E-state index is 0.431. The molecule has 1 saturated heterocycles. The highest BCUT2D eigenvalue weighted by molar-refractivity contribution is 4.78. The van der Waals surface area contributed by atoms with Gasteiger partial charge in [0.25, 0.3) is 0 Å². The Morgan fingerprint density at radius 3 is 2.69 bits per heavy atom. The van der Waals surface area contributed by atoms with Crippen molar-refractivity contribution in [3.63, 3.8) is 0 Å². The van der Waals surface area contributed by atoms with E-state index in [2.05, 4.69) is 35.7 Å². The van der Waals surface area contributed by atoms with Gasteiger partial charge in [-0.1, -0.05) is 25.9 Å². The molecule has 1 fully saturated rings. The van der Waals surface area contributed by atoms with E-state index in [-0.39, 0.29) is 0 Å². The molecular formula is C12H24N4. The summed E-state index contributed by atoms with van der Waals surface area (Å²) in [5.74, 6) is 0.831. The first kappa shape index (κ1) is 13.3. The molecule has 0 amide bonds. The van der Waals surface area contributed by atoms with E-state index < -0.39 is 0 Å². The highest BCUT2D eigenvalue weighted by atomic mass is 15.2. The first-order valence-corrected chi connectivity index (χ1v) is 6.27. The number of likely N-dealkylation sites (tertiary alicyclic amines) is 1. The molecule has 1 heterocycles. The van der Waals surface area contributed by atoms with Crippen LogP contribution in [0.5, 0.6) is 0 Å². The van der Waals surface area contributed by atoms with Crippen molar-refractivity contribution in [2.24, 2.45) is 16.4 Å². The van der Waals surface area contributed by atoms with Gasteiger partial charge in [0.2, 0.25) is 0 Å². The first-order chi connectivity index (χ1) is 7.54. The van der Waals surface area contributed by atoms with Gasteiger partial charge in [-0.2, -0.15) is 0 Å². The van der Waals surface area contributed by atoms with Crippen molar-refractivity contribution in [2.45, 2.75) is 40.0 Å². The smallest absolute Gasteiger partial charge is 0.0385 e. The van der Waals surface area contributed by atoms with Gasteiger partial charge in [-0.15, -0.1) is 0 Å². The second-order valence-electron chi connectivity index (χ2n) is 5.79. The fourth-order valence-electron chi connectivity index (χ4n) is 2.48. The second kappa shape index (κ2) is 6.12. The summed E-state index contributed by atoms with van der Waals surface area (Å²) in [6, 6.07) is 0. The molecule has 0 aromatic heterocycles. The molecule has 0 aliphatic carbocycles. The maximum Gasteiger partial charge on any atom is 0.0385 e. The second-order valence-corrected chi connectivity index (χ2v) is 5.79. The van der Waals surface area contributed by atoms with Crippen LogP contribution in [0.15, 0.2) is 5.11 Å². The van der Waals surface area contributed by atoms with E-state index in [0.29, 0.717) is 12.0 Å². The maximum absolute atomic E-state index is 8.24. The minimum Gasteiger partial charge on any atom is -0.303 e. The Balaban J connectivity index is 2.37. The standard InChI is InChI=1S/C12H24N4/c1-12(2,3)11-5-4-8-16(9-6-11)10-7-14-15-13/h11H,4-10H2,1-3H3. The molecule has 1 atom stereocenters. The highest BCUT2D eigenvalue weighted by Gasteiger charge is 2.26. The fraction of sp³-hybridized carbons (Fsp3) is 1.00. The van der Waals surface area contributed by atoms with Crippen molar-refractivity contribution in [1.29, 1.82) is 0 Å². The van der Waals surface area contributed by atoms with E-state index in [9.17, 15) is 0 Å². The van der Waals surface area contributed by atoms with E-state index in [0.717, 1.165) is 25.6 Å². The van der Waals surface area contributed by atoms with Crippen LogP contribution >= 0.6 is 0 Å². The molecule has 1 aliphatic rings. The molecule has 16 heavy (non-hydrogen) atoms. The Labute approximate surface area is 98.6 Å². The molecule has 0 aromatic rings. The van der Waals surface area contributed by atoms with Gasteiger partial charge in [0.1, 0.15) is 0 Å². The monoisotopic (exact) mass is 224 g/mol. The van der Waals surface area contributed by atoms with Gasteiger partial charge >= 0.3 is 0 Å². The zero-order valence-electron chi connectivity index (χ0n) is 10.8. The van der Waals surface area contributed by atoms with Crippen LogP contribution in [0.2, 0.25) is 0 Å². The molecule has 4 heteroatoms. The summed E-state index contributed by atoms with van der Waals surface area (Å²) in [4.78, 5) is 5.23. The summed E-state index contributed by atoms with van der Waals surface area (Å²) in [6.07, 6.45) is 3.89. The Morgan fingerprint density at radius 1 is 1.31 bits per heavy atom. The van der Waals surface area contributed by atoms with Gasteiger partial charge in [-0.25, -0.2) is 0 Å². The van der Waals surface area contributed by atoms with Crippen molar-refractivity contribution >= 4 is 0 Å². The quantitative estimate of drug-likeness (QED) is 0.411. The summed E-state index contributed by atoms with van der Waals surface area (Å²) in [5, 5.41) is 3.60. The Bertz CT molecular complexity index is 250. The van der Waals surface area contributed by atoms with Crippen molar-refractivity contribution < 1.29 is 0 Å². The van der Waals surface area contributed by atoms with Crippen molar-refractivity contribution in [3.8, 4) is 0 Å². The van der Waals surface area contributed by atoms with E-state index >= 15 is 0 Å². The SMILES string of the molecule is CC(C)(C)C1CCCN(CCN=[N+]=[N-])CC1. The zero-order chi connectivity index (χ0) is 12.0. The summed E-state index contributed by atoms with van der Waals surface area (Å²) in [7, 11) is 0. The molecule has 1 aliphatic heterocycles. The molecule has 1 unspecified atom stereocenters. The summed E-state index contributed by atoms with van der Waals surface area (Å²) in [6.45, 7) is 10.9. The maximum atomic E-state index is 8.24. The number of azide groups is 1. The molecule has 0 saturated carbocycles. The summed E-state index contributed by atoms with van der Waals surface area (Å²) < 4.78 is 0. The lowest BCUT2D eigenvalue weighted by Gasteiger charge is -2.29. The Kier molecular flexibility index (Phi) is 5.10. The number of hydrogen-bond acceptors (Lipinski definition) is 2. The average Bonchev–Trinajstić information content (AvgIpc) is 2.43. The van der Waals surface area contributed by atoms with Crippen LogP contribution in [0.4, 0.5) is 0 Å². The highest BCUT2D eigenvalue weighted by Crippen LogP contribution is 2.34. The molecule has 0 N–H and O–H groups in total. The fourth-order valence-corrected chi connectivity index (χ4v) is 2.48. The van der Waals surface area contributed by atoms with Gasteiger partial charge in [-0.3, -0.25) is 0 Å². The van der Waals surface area contributed by atoms with Crippen molar-refractivity contribution in [1.82, 2.24) is 4.90 Å². The molecule has 92 valence electrons. The average molecular weight is 224 g/mol. The van der Waals surface area contributed by atoms with Crippen LogP contribution < -0.4 is 0 Å². The number of rotatable bonds is 3. The van der Waals surface area contributed by atoms with Crippen LogP contribution in [-0.4, -0.2) is 31.1 Å². The van der Waals surface area contributed by atoms with Gasteiger partial charge in [0.05, 0.1) is 0 Å². The Morgan fingerprint density at radius 2 is 2.06 bits per heavy atom. The molecule has 0 radical (unpaired) electrons. The van der Waals surface area contributed by atoms with Crippen molar-refractivity contribution in [3.05, 3.63) is 10.4 Å². The summed E-state index contributed by atoms with van der Waals surface area (Å²) >= 11 is 0. The lowest BCUT2D eigenvalue weighted by atomic mass is 9.77. The lowest BCUT2D eigenvalue weighted by Crippen LogP contribution is -2.28. The third-order valence-corrected chi connectivity index (χ3v) is 3.62. The predicted octanol–water partition coefficient (Wildman–Crippen LogP) is 3.44. The van der Waals surface area contributed by atoms with E-state index in [1.165, 1.54) is 19.3 Å². The third-order valence-electron chi connectivity index (χ3n) is 3.62. The van der Waals surface area contributed by atoms with Crippen LogP contribution in [-0.2, 0) is 0 Å². The molecule has 4 nitrogen and oxygen atoms in total. The van der Waals surface area contributed by atoms with Crippen LogP contribution in [0, 0.1) is 11.3 Å². The lowest BCUT2D eigenvalue weighted by molar-refractivity contribution is 0.209. The number of nitrogens with zero attached hydrogens (tertiary/aromatic N) is 4. The molecule has 0 bridgehead atoms. The molecule has 0 spiro atoms. The first-order valence-electron chi connectivity index (χ1n) is 6.27. The van der Waals surface area contributed by atoms with Crippen molar-refractivity contribution in [2.75, 3.05) is 26.2 Å². The topological polar surface area (TPSA) is 52.0 Å². The van der Waals surface area contributed by atoms with Crippen LogP contribution in [0.3, 0.4) is 0 Å². The predicted molar refractivity (Wildman–Crippen MR) is 67.2 cm³/mol. The van der Waals surface area contributed by atoms with Gasteiger partial charge in [0, 0.05) is 18.0 Å². The molecule has 0 aromatic carbocycles. The third kappa shape index (κ3) is 4.42. The largest absolute Gasteiger partial charge is 0.303 e. The van der Waals surface area contributed by atoms with E-state index in [1.807, 2.05) is 0 Å². The number of hydrogen-bond donors (Lipinski definition) is 0. The summed E-state index contributed by atoms with van der Waals surface area (Å²) in [5.41, 5.74) is 8.67. The zero-order valence-corrected chi connectivity index (χ0v) is 10.8. The van der Waals surface area contributed by atoms with E-state index in [1.54, 1.807) is 0 Å².